The van der Waals surface area contributed by atoms with E-state index in [-0.39, 0.29) is 5.56 Å². The van der Waals surface area contributed by atoms with E-state index in [4.69, 9.17) is 4.74 Å². The smallest absolute Gasteiger partial charge is 0.255 e. The number of amides is 1. The number of anilines is 2. The predicted molar refractivity (Wildman–Crippen MR) is 101 cm³/mol. The molecule has 0 saturated carbocycles. The number of ether oxygens (including phenoxy) is 1. The van der Waals surface area contributed by atoms with E-state index < -0.39 is 17.5 Å². The number of benzene rings is 3. The van der Waals surface area contributed by atoms with Crippen molar-refractivity contribution in [3.63, 3.8) is 0 Å². The van der Waals surface area contributed by atoms with Gasteiger partial charge in [0.2, 0.25) is 0 Å². The Labute approximate surface area is 155 Å². The van der Waals surface area contributed by atoms with E-state index in [1.807, 2.05) is 36.4 Å². The summed E-state index contributed by atoms with van der Waals surface area (Å²) in [6, 6.07) is 17.9. The van der Waals surface area contributed by atoms with Crippen molar-refractivity contribution in [2.75, 3.05) is 17.7 Å². The molecular formula is C21H18F2N2O2. The van der Waals surface area contributed by atoms with Crippen LogP contribution in [0.25, 0.3) is 0 Å². The van der Waals surface area contributed by atoms with Crippen molar-refractivity contribution in [3.05, 3.63) is 89.5 Å². The first kappa shape index (κ1) is 18.4. The van der Waals surface area contributed by atoms with Gasteiger partial charge in [0.25, 0.3) is 5.91 Å². The Kier molecular flexibility index (Phi) is 5.66. The molecule has 0 heterocycles. The van der Waals surface area contributed by atoms with Gasteiger partial charge in [-0.25, -0.2) is 8.78 Å². The third-order valence-corrected chi connectivity index (χ3v) is 3.98. The molecule has 3 rings (SSSR count). The highest BCUT2D eigenvalue weighted by atomic mass is 19.2. The van der Waals surface area contributed by atoms with Gasteiger partial charge in [-0.2, -0.15) is 0 Å². The lowest BCUT2D eigenvalue weighted by Gasteiger charge is -2.09. The molecule has 0 atom stereocenters. The van der Waals surface area contributed by atoms with Gasteiger partial charge < -0.3 is 15.4 Å². The van der Waals surface area contributed by atoms with Gasteiger partial charge >= 0.3 is 0 Å². The van der Waals surface area contributed by atoms with Crippen molar-refractivity contribution in [2.24, 2.45) is 0 Å². The quantitative estimate of drug-likeness (QED) is 0.655. The van der Waals surface area contributed by atoms with Crippen LogP contribution in [0.15, 0.2) is 66.7 Å². The van der Waals surface area contributed by atoms with Crippen LogP contribution < -0.4 is 15.4 Å². The summed E-state index contributed by atoms with van der Waals surface area (Å²) in [6.45, 7) is 0.643. The third-order valence-electron chi connectivity index (χ3n) is 3.98. The maximum atomic E-state index is 13.2. The van der Waals surface area contributed by atoms with Gasteiger partial charge in [-0.3, -0.25) is 4.79 Å². The summed E-state index contributed by atoms with van der Waals surface area (Å²) in [5.41, 5.74) is 2.60. The van der Waals surface area contributed by atoms with Crippen molar-refractivity contribution < 1.29 is 18.3 Å². The SMILES string of the molecule is COc1ccc(CNc2ccc(NC(=O)c3ccc(F)c(F)c3)cc2)cc1. The molecule has 0 bridgehead atoms. The molecule has 138 valence electrons. The average Bonchev–Trinajstić information content (AvgIpc) is 2.70. The van der Waals surface area contributed by atoms with Crippen molar-refractivity contribution in [1.29, 1.82) is 0 Å². The van der Waals surface area contributed by atoms with Crippen LogP contribution in [0.1, 0.15) is 15.9 Å². The Balaban J connectivity index is 1.57. The molecule has 3 aromatic rings. The fourth-order valence-corrected chi connectivity index (χ4v) is 2.46. The molecule has 0 aliphatic carbocycles. The fraction of sp³-hybridized carbons (Fsp3) is 0.0952. The van der Waals surface area contributed by atoms with Crippen LogP contribution in [0.3, 0.4) is 0 Å². The van der Waals surface area contributed by atoms with Gasteiger partial charge in [0, 0.05) is 23.5 Å². The molecule has 6 heteroatoms. The molecule has 0 unspecified atom stereocenters. The topological polar surface area (TPSA) is 50.4 Å². The van der Waals surface area contributed by atoms with Crippen LogP contribution in [0.5, 0.6) is 5.75 Å². The molecule has 0 saturated heterocycles. The second kappa shape index (κ2) is 8.31. The van der Waals surface area contributed by atoms with E-state index in [0.29, 0.717) is 12.2 Å². The lowest BCUT2D eigenvalue weighted by atomic mass is 10.2. The number of rotatable bonds is 6. The van der Waals surface area contributed by atoms with E-state index in [2.05, 4.69) is 10.6 Å². The number of carbonyl (C=O) groups is 1. The highest BCUT2D eigenvalue weighted by Gasteiger charge is 2.10. The number of hydrogen-bond acceptors (Lipinski definition) is 3. The Morgan fingerprint density at radius 2 is 1.56 bits per heavy atom. The molecular weight excluding hydrogens is 350 g/mol. The highest BCUT2D eigenvalue weighted by molar-refractivity contribution is 6.04. The normalized spacial score (nSPS) is 10.3. The average molecular weight is 368 g/mol. The summed E-state index contributed by atoms with van der Waals surface area (Å²) >= 11 is 0. The minimum Gasteiger partial charge on any atom is -0.497 e. The van der Waals surface area contributed by atoms with Crippen LogP contribution in [0, 0.1) is 11.6 Å². The molecule has 0 spiro atoms. The van der Waals surface area contributed by atoms with E-state index in [0.717, 1.165) is 29.1 Å². The molecule has 0 radical (unpaired) electrons. The Bertz CT molecular complexity index is 926. The molecule has 0 aliphatic heterocycles. The van der Waals surface area contributed by atoms with Crippen molar-refractivity contribution in [2.45, 2.75) is 6.54 Å². The van der Waals surface area contributed by atoms with Gasteiger partial charge in [0.05, 0.1) is 7.11 Å². The number of carbonyl (C=O) groups excluding carboxylic acids is 1. The first-order chi connectivity index (χ1) is 13.0. The summed E-state index contributed by atoms with van der Waals surface area (Å²) < 4.78 is 31.3. The van der Waals surface area contributed by atoms with Gasteiger partial charge in [0.1, 0.15) is 5.75 Å². The molecule has 1 amide bonds. The van der Waals surface area contributed by atoms with Crippen LogP contribution in [0.4, 0.5) is 20.2 Å². The second-order valence-corrected chi connectivity index (χ2v) is 5.86. The number of halogens is 2. The molecule has 2 N–H and O–H groups in total. The van der Waals surface area contributed by atoms with Crippen molar-refractivity contribution >= 4 is 17.3 Å². The third kappa shape index (κ3) is 4.82. The van der Waals surface area contributed by atoms with E-state index in [1.54, 1.807) is 19.2 Å². The predicted octanol–water partition coefficient (Wildman–Crippen LogP) is 4.84. The molecule has 0 aliphatic rings. The maximum absolute atomic E-state index is 13.2. The Morgan fingerprint density at radius 3 is 2.19 bits per heavy atom. The summed E-state index contributed by atoms with van der Waals surface area (Å²) in [4.78, 5) is 12.1. The van der Waals surface area contributed by atoms with E-state index in [9.17, 15) is 13.6 Å². The zero-order valence-corrected chi connectivity index (χ0v) is 14.6. The lowest BCUT2D eigenvalue weighted by molar-refractivity contribution is 0.102. The summed E-state index contributed by atoms with van der Waals surface area (Å²) in [5, 5.41) is 5.93. The Morgan fingerprint density at radius 1 is 0.889 bits per heavy atom. The largest absolute Gasteiger partial charge is 0.497 e. The van der Waals surface area contributed by atoms with Crippen LogP contribution in [0.2, 0.25) is 0 Å². The fourth-order valence-electron chi connectivity index (χ4n) is 2.46. The number of methoxy groups -OCH3 is 1. The van der Waals surface area contributed by atoms with Gasteiger partial charge in [0.15, 0.2) is 11.6 Å². The van der Waals surface area contributed by atoms with E-state index in [1.165, 1.54) is 6.07 Å². The zero-order valence-electron chi connectivity index (χ0n) is 14.6. The highest BCUT2D eigenvalue weighted by Crippen LogP contribution is 2.17. The molecule has 0 fully saturated rings. The molecule has 27 heavy (non-hydrogen) atoms. The van der Waals surface area contributed by atoms with Crippen LogP contribution >= 0.6 is 0 Å². The first-order valence-corrected chi connectivity index (χ1v) is 8.28. The maximum Gasteiger partial charge on any atom is 0.255 e. The zero-order chi connectivity index (χ0) is 19.2. The monoisotopic (exact) mass is 368 g/mol. The van der Waals surface area contributed by atoms with Crippen LogP contribution in [-0.2, 0) is 6.54 Å². The standard InChI is InChI=1S/C21H18F2N2O2/c1-27-18-9-2-14(3-10-18)13-24-16-5-7-17(8-6-16)25-21(26)15-4-11-19(22)20(23)12-15/h2-12,24H,13H2,1H3,(H,25,26). The van der Waals surface area contributed by atoms with Gasteiger partial charge in [-0.15, -0.1) is 0 Å². The second-order valence-electron chi connectivity index (χ2n) is 5.86. The summed E-state index contributed by atoms with van der Waals surface area (Å²) in [7, 11) is 1.63. The lowest BCUT2D eigenvalue weighted by Crippen LogP contribution is -2.12. The van der Waals surface area contributed by atoms with Crippen LogP contribution in [-0.4, -0.2) is 13.0 Å². The van der Waals surface area contributed by atoms with Crippen molar-refractivity contribution in [3.8, 4) is 5.75 Å². The summed E-state index contributed by atoms with van der Waals surface area (Å²) in [6.07, 6.45) is 0. The minimum absolute atomic E-state index is 0.0515. The van der Waals surface area contributed by atoms with Gasteiger partial charge in [-0.05, 0) is 60.2 Å². The van der Waals surface area contributed by atoms with Crippen molar-refractivity contribution in [1.82, 2.24) is 0 Å². The molecule has 3 aromatic carbocycles. The number of hydrogen-bond donors (Lipinski definition) is 2. The molecule has 0 aromatic heterocycles. The minimum atomic E-state index is -1.05. The number of nitrogens with one attached hydrogen (secondary N) is 2. The van der Waals surface area contributed by atoms with E-state index >= 15 is 0 Å². The summed E-state index contributed by atoms with van der Waals surface area (Å²) in [5.74, 6) is -1.74. The first-order valence-electron chi connectivity index (χ1n) is 8.28. The van der Waals surface area contributed by atoms with Gasteiger partial charge in [-0.1, -0.05) is 12.1 Å². The Hall–Kier alpha value is -3.41. The molecule has 4 nitrogen and oxygen atoms in total.